The second-order valence-corrected chi connectivity index (χ2v) is 10.0. The molecule has 1 aromatic carbocycles. The molecule has 3 aromatic heterocycles. The summed E-state index contributed by atoms with van der Waals surface area (Å²) >= 11 is 2.76. The van der Waals surface area contributed by atoms with Crippen molar-refractivity contribution < 1.29 is 19.4 Å². The van der Waals surface area contributed by atoms with E-state index in [1.807, 2.05) is 18.2 Å². The van der Waals surface area contributed by atoms with Crippen molar-refractivity contribution in [1.29, 1.82) is 0 Å². The number of halogens is 1. The van der Waals surface area contributed by atoms with Crippen molar-refractivity contribution in [3.63, 3.8) is 0 Å². The number of nitrogens with one attached hydrogen (secondary N) is 3. The Morgan fingerprint density at radius 3 is 2.74 bits per heavy atom. The topological polar surface area (TPSA) is 132 Å². The molecule has 0 aliphatic heterocycles. The SMILES string of the molecule is CC(C)(O)[C@H](F)CNC(=O)c1cnc(Nc2ccc3ncsc3c2)cc1Nc1ncc(CO)s1. The molecule has 0 saturated carbocycles. The van der Waals surface area contributed by atoms with Gasteiger partial charge in [-0.25, -0.2) is 19.3 Å². The molecule has 1 amide bonds. The number of nitrogens with zero attached hydrogens (tertiary/aromatic N) is 3. The van der Waals surface area contributed by atoms with Crippen LogP contribution < -0.4 is 16.0 Å². The maximum absolute atomic E-state index is 14.1. The number of hydrogen-bond donors (Lipinski definition) is 5. The molecule has 0 saturated heterocycles. The van der Waals surface area contributed by atoms with Crippen LogP contribution in [0.15, 0.2) is 42.2 Å². The predicted molar refractivity (Wildman–Crippen MR) is 132 cm³/mol. The summed E-state index contributed by atoms with van der Waals surface area (Å²) in [4.78, 5) is 26.3. The number of hydrogen-bond acceptors (Lipinski definition) is 10. The molecule has 4 aromatic rings. The van der Waals surface area contributed by atoms with E-state index in [0.717, 1.165) is 15.9 Å². The first kappa shape index (κ1) is 24.0. The van der Waals surface area contributed by atoms with Crippen molar-refractivity contribution >= 4 is 61.1 Å². The Morgan fingerprint density at radius 2 is 2.00 bits per heavy atom. The number of benzene rings is 1. The van der Waals surface area contributed by atoms with Crippen molar-refractivity contribution in [1.82, 2.24) is 20.3 Å². The third-order valence-corrected chi connectivity index (χ3v) is 6.60. The third-order valence-electron chi connectivity index (χ3n) is 4.91. The molecule has 0 aliphatic carbocycles. The van der Waals surface area contributed by atoms with Gasteiger partial charge in [0, 0.05) is 24.1 Å². The molecular weight excluding hydrogens is 479 g/mol. The van der Waals surface area contributed by atoms with E-state index < -0.39 is 17.7 Å². The van der Waals surface area contributed by atoms with E-state index in [4.69, 9.17) is 0 Å². The van der Waals surface area contributed by atoms with Gasteiger partial charge in [0.1, 0.15) is 12.0 Å². The number of anilines is 4. The van der Waals surface area contributed by atoms with Crippen LogP contribution in [-0.4, -0.2) is 49.4 Å². The lowest BCUT2D eigenvalue weighted by Crippen LogP contribution is -2.42. The summed E-state index contributed by atoms with van der Waals surface area (Å²) in [7, 11) is 0. The Labute approximate surface area is 202 Å². The Kier molecular flexibility index (Phi) is 7.03. The molecule has 0 radical (unpaired) electrons. The van der Waals surface area contributed by atoms with Crippen LogP contribution in [0.5, 0.6) is 0 Å². The highest BCUT2D eigenvalue weighted by atomic mass is 32.1. The molecule has 0 fully saturated rings. The highest BCUT2D eigenvalue weighted by Gasteiger charge is 2.27. The van der Waals surface area contributed by atoms with Crippen LogP contribution in [0.25, 0.3) is 10.2 Å². The second-order valence-electron chi connectivity index (χ2n) is 8.02. The van der Waals surface area contributed by atoms with E-state index in [1.165, 1.54) is 48.9 Å². The molecule has 12 heteroatoms. The summed E-state index contributed by atoms with van der Waals surface area (Å²) < 4.78 is 15.1. The summed E-state index contributed by atoms with van der Waals surface area (Å²) in [6.07, 6.45) is 1.27. The fourth-order valence-corrected chi connectivity index (χ4v) is 4.37. The summed E-state index contributed by atoms with van der Waals surface area (Å²) in [6.45, 7) is 2.17. The Bertz CT molecular complexity index is 1300. The van der Waals surface area contributed by atoms with Gasteiger partial charge in [-0.1, -0.05) is 11.3 Å². The van der Waals surface area contributed by atoms with Gasteiger partial charge in [0.25, 0.3) is 5.91 Å². The first-order chi connectivity index (χ1) is 16.2. The summed E-state index contributed by atoms with van der Waals surface area (Å²) in [5.41, 5.74) is 2.46. The third kappa shape index (κ3) is 5.65. The highest BCUT2D eigenvalue weighted by Crippen LogP contribution is 2.29. The monoisotopic (exact) mass is 502 g/mol. The van der Waals surface area contributed by atoms with Crippen LogP contribution in [0.3, 0.4) is 0 Å². The second kappa shape index (κ2) is 9.97. The molecule has 9 nitrogen and oxygen atoms in total. The zero-order chi connectivity index (χ0) is 24.3. The minimum absolute atomic E-state index is 0.148. The van der Waals surface area contributed by atoms with Crippen molar-refractivity contribution in [2.45, 2.75) is 32.2 Å². The van der Waals surface area contributed by atoms with Gasteiger partial charge in [0.2, 0.25) is 0 Å². The number of amides is 1. The van der Waals surface area contributed by atoms with Gasteiger partial charge < -0.3 is 26.2 Å². The van der Waals surface area contributed by atoms with Gasteiger partial charge >= 0.3 is 0 Å². The number of alkyl halides is 1. The molecule has 0 aliphatic rings. The van der Waals surface area contributed by atoms with E-state index in [9.17, 15) is 19.4 Å². The standard InChI is InChI=1S/C22H23FN6O3S2/c1-22(2,32)18(23)9-25-20(31)14-8-24-19(6-16(14)29-21-26-7-13(10-30)34-21)28-12-3-4-15-17(5-12)33-11-27-15/h3-8,11,18,30,32H,9-10H2,1-2H3,(H,25,31)(H2,24,26,28,29)/t18-/m1/s1. The molecule has 1 atom stereocenters. The van der Waals surface area contributed by atoms with Crippen LogP contribution in [0.4, 0.5) is 26.7 Å². The maximum Gasteiger partial charge on any atom is 0.255 e. The van der Waals surface area contributed by atoms with E-state index in [1.54, 1.807) is 11.6 Å². The number of pyridine rings is 1. The fraction of sp³-hybridized carbons (Fsp3) is 0.273. The minimum atomic E-state index is -1.64. The molecule has 0 spiro atoms. The van der Waals surface area contributed by atoms with Gasteiger partial charge in [0.05, 0.1) is 50.6 Å². The summed E-state index contributed by atoms with van der Waals surface area (Å²) in [5.74, 6) is -0.0832. The molecular formula is C22H23FN6O3S2. The van der Waals surface area contributed by atoms with Crippen molar-refractivity contribution in [3.8, 4) is 0 Å². The van der Waals surface area contributed by atoms with Crippen LogP contribution in [0.1, 0.15) is 29.1 Å². The van der Waals surface area contributed by atoms with E-state index in [2.05, 4.69) is 30.9 Å². The van der Waals surface area contributed by atoms with E-state index >= 15 is 0 Å². The predicted octanol–water partition coefficient (Wildman–Crippen LogP) is 3.97. The van der Waals surface area contributed by atoms with E-state index in [0.29, 0.717) is 21.5 Å². The molecule has 0 bridgehead atoms. The molecule has 34 heavy (non-hydrogen) atoms. The Hall–Kier alpha value is -3.19. The average Bonchev–Trinajstić information content (AvgIpc) is 3.45. The number of thiazole rings is 2. The first-order valence-electron chi connectivity index (χ1n) is 10.3. The molecule has 4 rings (SSSR count). The van der Waals surface area contributed by atoms with Crippen LogP contribution in [0.2, 0.25) is 0 Å². The smallest absolute Gasteiger partial charge is 0.255 e. The minimum Gasteiger partial charge on any atom is -0.391 e. The number of aliphatic hydroxyl groups is 2. The summed E-state index contributed by atoms with van der Waals surface area (Å²) in [6, 6.07) is 7.38. The zero-order valence-corrected chi connectivity index (χ0v) is 20.0. The summed E-state index contributed by atoms with van der Waals surface area (Å²) in [5, 5.41) is 28.4. The molecule has 3 heterocycles. The van der Waals surface area contributed by atoms with Crippen molar-refractivity contribution in [2.24, 2.45) is 0 Å². The molecule has 178 valence electrons. The van der Waals surface area contributed by atoms with Crippen LogP contribution in [0, 0.1) is 0 Å². The number of aromatic nitrogens is 3. The van der Waals surface area contributed by atoms with Crippen LogP contribution in [-0.2, 0) is 6.61 Å². The van der Waals surface area contributed by atoms with Crippen molar-refractivity contribution in [3.05, 3.63) is 52.6 Å². The van der Waals surface area contributed by atoms with Crippen LogP contribution >= 0.6 is 22.7 Å². The fourth-order valence-electron chi connectivity index (χ4n) is 2.97. The van der Waals surface area contributed by atoms with Gasteiger partial charge in [-0.3, -0.25) is 4.79 Å². The molecule has 5 N–H and O–H groups in total. The highest BCUT2D eigenvalue weighted by molar-refractivity contribution is 7.16. The quantitative estimate of drug-likeness (QED) is 0.232. The zero-order valence-electron chi connectivity index (χ0n) is 18.4. The maximum atomic E-state index is 14.1. The number of aliphatic hydroxyl groups excluding tert-OH is 1. The number of carbonyl (C=O) groups excluding carboxylic acids is 1. The normalized spacial score (nSPS) is 12.5. The van der Waals surface area contributed by atoms with Crippen molar-refractivity contribution in [2.75, 3.05) is 17.2 Å². The Morgan fingerprint density at radius 1 is 1.18 bits per heavy atom. The number of fused-ring (bicyclic) bond motifs is 1. The average molecular weight is 503 g/mol. The number of carbonyl (C=O) groups is 1. The van der Waals surface area contributed by atoms with E-state index in [-0.39, 0.29) is 18.7 Å². The van der Waals surface area contributed by atoms with Gasteiger partial charge in [0.15, 0.2) is 5.13 Å². The lowest BCUT2D eigenvalue weighted by molar-refractivity contribution is -0.00177. The lowest BCUT2D eigenvalue weighted by Gasteiger charge is -2.22. The van der Waals surface area contributed by atoms with Gasteiger partial charge in [-0.05, 0) is 32.0 Å². The molecule has 0 unspecified atom stereocenters. The van der Waals surface area contributed by atoms with Gasteiger partial charge in [-0.15, -0.1) is 11.3 Å². The first-order valence-corrected chi connectivity index (χ1v) is 12.0. The number of rotatable bonds is 9. The lowest BCUT2D eigenvalue weighted by atomic mass is 10.0. The Balaban J connectivity index is 1.59. The largest absolute Gasteiger partial charge is 0.391 e. The van der Waals surface area contributed by atoms with Gasteiger partial charge in [-0.2, -0.15) is 0 Å².